The quantitative estimate of drug-likeness (QED) is 0.531. The number of methoxy groups -OCH3 is 1. The summed E-state index contributed by atoms with van der Waals surface area (Å²) < 4.78 is 8.54. The summed E-state index contributed by atoms with van der Waals surface area (Å²) in [6.07, 6.45) is 2.56. The Morgan fingerprint density at radius 3 is 2.73 bits per heavy atom. The number of carbonyl (C=O) groups excluding carboxylic acids is 1. The predicted octanol–water partition coefficient (Wildman–Crippen LogP) is 3.72. The number of hydrogen-bond acceptors (Lipinski definition) is 4. The largest absolute Gasteiger partial charge is 0.495 e. The molecule has 154 valence electrons. The molecule has 7 heteroatoms. The van der Waals surface area contributed by atoms with Crippen LogP contribution in [0.15, 0.2) is 53.5 Å². The van der Waals surface area contributed by atoms with E-state index in [1.54, 1.807) is 19.4 Å². The van der Waals surface area contributed by atoms with E-state index in [4.69, 9.17) is 4.74 Å². The molecular weight excluding hydrogens is 380 g/mol. The lowest BCUT2D eigenvalue weighted by Gasteiger charge is -2.12. The van der Waals surface area contributed by atoms with Gasteiger partial charge in [0.05, 0.1) is 19.0 Å². The highest BCUT2D eigenvalue weighted by Gasteiger charge is 2.17. The van der Waals surface area contributed by atoms with Gasteiger partial charge in [-0.2, -0.15) is 5.10 Å². The van der Waals surface area contributed by atoms with Crippen molar-refractivity contribution in [3.8, 4) is 5.75 Å². The number of fused-ring (bicyclic) bond motifs is 3. The van der Waals surface area contributed by atoms with Gasteiger partial charge in [-0.1, -0.05) is 31.2 Å². The van der Waals surface area contributed by atoms with E-state index in [0.717, 1.165) is 34.8 Å². The molecule has 0 radical (unpaired) electrons. The van der Waals surface area contributed by atoms with E-state index < -0.39 is 0 Å². The van der Waals surface area contributed by atoms with E-state index in [-0.39, 0.29) is 18.0 Å². The molecular formula is C23H24N4O3. The summed E-state index contributed by atoms with van der Waals surface area (Å²) in [7, 11) is 1.55. The minimum absolute atomic E-state index is 0.181. The first-order valence-electron chi connectivity index (χ1n) is 9.95. The average Bonchev–Trinajstić information content (AvgIpc) is 3.05. The number of aryl methyl sites for hydroxylation is 2. The van der Waals surface area contributed by atoms with Crippen LogP contribution in [0.25, 0.3) is 21.8 Å². The molecule has 0 aliphatic heterocycles. The van der Waals surface area contributed by atoms with Gasteiger partial charge in [0.1, 0.15) is 17.8 Å². The average molecular weight is 404 g/mol. The van der Waals surface area contributed by atoms with Crippen molar-refractivity contribution in [1.82, 2.24) is 14.3 Å². The molecule has 4 aromatic rings. The minimum Gasteiger partial charge on any atom is -0.495 e. The number of para-hydroxylation sites is 1. The van der Waals surface area contributed by atoms with Crippen LogP contribution in [0.2, 0.25) is 0 Å². The molecule has 2 aromatic heterocycles. The van der Waals surface area contributed by atoms with Crippen molar-refractivity contribution < 1.29 is 9.53 Å². The van der Waals surface area contributed by atoms with E-state index in [0.29, 0.717) is 17.0 Å². The van der Waals surface area contributed by atoms with Crippen LogP contribution in [-0.4, -0.2) is 27.4 Å². The molecule has 0 spiro atoms. The highest BCUT2D eigenvalue weighted by molar-refractivity contribution is 6.07. The number of hydrogen-bond donors (Lipinski definition) is 1. The number of nitrogens with one attached hydrogen (secondary N) is 1. The van der Waals surface area contributed by atoms with Crippen LogP contribution in [0.3, 0.4) is 0 Å². The molecule has 0 saturated carbocycles. The molecule has 2 aromatic carbocycles. The zero-order chi connectivity index (χ0) is 21.3. The number of benzene rings is 2. The Kier molecular flexibility index (Phi) is 5.27. The Morgan fingerprint density at radius 2 is 1.97 bits per heavy atom. The van der Waals surface area contributed by atoms with Crippen LogP contribution < -0.4 is 15.6 Å². The molecule has 0 unspecified atom stereocenters. The van der Waals surface area contributed by atoms with Gasteiger partial charge in [-0.05, 0) is 37.1 Å². The maximum atomic E-state index is 13.2. The van der Waals surface area contributed by atoms with Gasteiger partial charge in [0.2, 0.25) is 5.91 Å². The Hall–Kier alpha value is -3.61. The van der Waals surface area contributed by atoms with Gasteiger partial charge in [0.15, 0.2) is 0 Å². The van der Waals surface area contributed by atoms with Crippen molar-refractivity contribution in [1.29, 1.82) is 0 Å². The summed E-state index contributed by atoms with van der Waals surface area (Å²) in [5, 5.41) is 8.89. The fourth-order valence-electron chi connectivity index (χ4n) is 3.81. The van der Waals surface area contributed by atoms with Crippen molar-refractivity contribution >= 4 is 33.4 Å². The molecule has 1 N–H and O–H groups in total. The van der Waals surface area contributed by atoms with Crippen molar-refractivity contribution in [3.63, 3.8) is 0 Å². The lowest BCUT2D eigenvalue weighted by atomic mass is 10.2. The molecule has 0 aliphatic carbocycles. The highest BCUT2D eigenvalue weighted by atomic mass is 16.5. The second-order valence-corrected chi connectivity index (χ2v) is 7.29. The minimum atomic E-state index is -0.342. The Morgan fingerprint density at radius 1 is 1.17 bits per heavy atom. The van der Waals surface area contributed by atoms with E-state index in [9.17, 15) is 9.59 Å². The number of anilines is 1. The number of carbonyl (C=O) groups is 1. The fraction of sp³-hybridized carbons (Fsp3) is 0.261. The van der Waals surface area contributed by atoms with Gasteiger partial charge < -0.3 is 14.6 Å². The third-order valence-corrected chi connectivity index (χ3v) is 5.14. The third kappa shape index (κ3) is 3.43. The van der Waals surface area contributed by atoms with Crippen molar-refractivity contribution in [2.75, 3.05) is 12.4 Å². The standard InChI is InChI=1S/C23H24N4O3/c1-4-11-26-19-8-6-5-7-16(19)17-13-24-27(23(29)22(17)26)14-21(28)25-18-12-15(2)9-10-20(18)30-3/h5-10,12-13H,4,11,14H2,1-3H3,(H,25,28). The summed E-state index contributed by atoms with van der Waals surface area (Å²) in [4.78, 5) is 25.9. The lowest BCUT2D eigenvalue weighted by Crippen LogP contribution is -2.30. The zero-order valence-corrected chi connectivity index (χ0v) is 17.3. The monoisotopic (exact) mass is 404 g/mol. The van der Waals surface area contributed by atoms with Crippen LogP contribution in [0, 0.1) is 6.92 Å². The molecule has 0 atom stereocenters. The van der Waals surface area contributed by atoms with Crippen molar-refractivity contribution in [2.24, 2.45) is 0 Å². The molecule has 0 bridgehead atoms. The fourth-order valence-corrected chi connectivity index (χ4v) is 3.81. The molecule has 4 rings (SSSR count). The number of ether oxygens (including phenoxy) is 1. The highest BCUT2D eigenvalue weighted by Crippen LogP contribution is 2.27. The molecule has 0 fully saturated rings. The van der Waals surface area contributed by atoms with E-state index in [2.05, 4.69) is 17.3 Å². The zero-order valence-electron chi connectivity index (χ0n) is 17.3. The number of nitrogens with zero attached hydrogens (tertiary/aromatic N) is 3. The summed E-state index contributed by atoms with van der Waals surface area (Å²) in [5.41, 5.74) is 2.86. The van der Waals surface area contributed by atoms with Gasteiger partial charge in [0, 0.05) is 22.8 Å². The molecule has 2 heterocycles. The Labute approximate surface area is 173 Å². The Bertz CT molecular complexity index is 1300. The first kappa shape index (κ1) is 19.7. The van der Waals surface area contributed by atoms with Gasteiger partial charge >= 0.3 is 0 Å². The van der Waals surface area contributed by atoms with E-state index in [1.807, 2.05) is 47.9 Å². The maximum absolute atomic E-state index is 13.2. The summed E-state index contributed by atoms with van der Waals surface area (Å²) in [6, 6.07) is 13.4. The molecule has 1 amide bonds. The first-order valence-corrected chi connectivity index (χ1v) is 9.95. The van der Waals surface area contributed by atoms with Crippen LogP contribution in [0.1, 0.15) is 18.9 Å². The van der Waals surface area contributed by atoms with Crippen LogP contribution >= 0.6 is 0 Å². The van der Waals surface area contributed by atoms with Crippen LogP contribution in [-0.2, 0) is 17.9 Å². The summed E-state index contributed by atoms with van der Waals surface area (Å²) in [6.45, 7) is 4.54. The predicted molar refractivity (Wildman–Crippen MR) is 118 cm³/mol. The molecule has 0 aliphatic rings. The SMILES string of the molecule is CCCn1c2ccccc2c2cnn(CC(=O)Nc3cc(C)ccc3OC)c(=O)c21. The van der Waals surface area contributed by atoms with Crippen LogP contribution in [0.4, 0.5) is 5.69 Å². The lowest BCUT2D eigenvalue weighted by molar-refractivity contribution is -0.117. The number of rotatable bonds is 6. The molecule has 7 nitrogen and oxygen atoms in total. The molecule has 0 saturated heterocycles. The second-order valence-electron chi connectivity index (χ2n) is 7.29. The van der Waals surface area contributed by atoms with Gasteiger partial charge in [-0.3, -0.25) is 9.59 Å². The summed E-state index contributed by atoms with van der Waals surface area (Å²) >= 11 is 0. The van der Waals surface area contributed by atoms with Crippen molar-refractivity contribution in [2.45, 2.75) is 33.4 Å². The number of amides is 1. The maximum Gasteiger partial charge on any atom is 0.291 e. The molecule has 30 heavy (non-hydrogen) atoms. The Balaban J connectivity index is 1.72. The number of aromatic nitrogens is 3. The van der Waals surface area contributed by atoms with E-state index >= 15 is 0 Å². The smallest absolute Gasteiger partial charge is 0.291 e. The summed E-state index contributed by atoms with van der Waals surface area (Å²) in [5.74, 6) is 0.221. The third-order valence-electron chi connectivity index (χ3n) is 5.14. The normalized spacial score (nSPS) is 11.2. The topological polar surface area (TPSA) is 78.2 Å². The van der Waals surface area contributed by atoms with Gasteiger partial charge in [-0.15, -0.1) is 0 Å². The second kappa shape index (κ2) is 8.02. The van der Waals surface area contributed by atoms with Crippen LogP contribution in [0.5, 0.6) is 5.75 Å². The van der Waals surface area contributed by atoms with Gasteiger partial charge in [0.25, 0.3) is 5.56 Å². The van der Waals surface area contributed by atoms with Gasteiger partial charge in [-0.25, -0.2) is 4.68 Å². The van der Waals surface area contributed by atoms with E-state index in [1.165, 1.54) is 4.68 Å². The first-order chi connectivity index (χ1) is 14.5. The van der Waals surface area contributed by atoms with Crippen molar-refractivity contribution in [3.05, 3.63) is 64.6 Å².